The van der Waals surface area contributed by atoms with Gasteiger partial charge in [-0.25, -0.2) is 0 Å². The molecular formula is C26H25BrCl2N6O5S. The summed E-state index contributed by atoms with van der Waals surface area (Å²) in [6.45, 7) is 2.27. The van der Waals surface area contributed by atoms with Crippen LogP contribution in [0.15, 0.2) is 63.6 Å². The van der Waals surface area contributed by atoms with Crippen LogP contribution >= 0.6 is 39.1 Å². The number of aromatic nitrogens is 1. The number of nitrogens with one attached hydrogen (secondary N) is 3. The number of benzene rings is 1. The highest BCUT2D eigenvalue weighted by Crippen LogP contribution is 2.35. The van der Waals surface area contributed by atoms with E-state index in [4.69, 9.17) is 27.4 Å². The number of anilines is 1. The first-order chi connectivity index (χ1) is 19.6. The Morgan fingerprint density at radius 1 is 1.24 bits per heavy atom. The van der Waals surface area contributed by atoms with Crippen molar-refractivity contribution in [1.29, 1.82) is 0 Å². The predicted molar refractivity (Wildman–Crippen MR) is 159 cm³/mol. The second kappa shape index (κ2) is 12.4. The highest BCUT2D eigenvalue weighted by Gasteiger charge is 2.34. The number of hydrazone groups is 1. The van der Waals surface area contributed by atoms with Gasteiger partial charge in [0.1, 0.15) is 5.84 Å². The van der Waals surface area contributed by atoms with Gasteiger partial charge < -0.3 is 25.1 Å². The third-order valence-corrected chi connectivity index (χ3v) is 8.43. The van der Waals surface area contributed by atoms with Crippen molar-refractivity contribution in [2.24, 2.45) is 11.0 Å². The van der Waals surface area contributed by atoms with Gasteiger partial charge in [0.05, 0.1) is 40.0 Å². The maximum atomic E-state index is 13.7. The lowest BCUT2D eigenvalue weighted by Crippen LogP contribution is -2.37. The Morgan fingerprint density at radius 3 is 2.73 bits per heavy atom. The van der Waals surface area contributed by atoms with Gasteiger partial charge in [0.2, 0.25) is 0 Å². The fourth-order valence-electron chi connectivity index (χ4n) is 4.66. The first kappa shape index (κ1) is 29.4. The number of carbonyl (C=O) groups is 2. The van der Waals surface area contributed by atoms with Gasteiger partial charge in [-0.15, -0.1) is 0 Å². The van der Waals surface area contributed by atoms with E-state index in [0.29, 0.717) is 38.5 Å². The van der Waals surface area contributed by atoms with Crippen LogP contribution in [0.2, 0.25) is 10.0 Å². The quantitative estimate of drug-likeness (QED) is 0.307. The molecule has 41 heavy (non-hydrogen) atoms. The van der Waals surface area contributed by atoms with Crippen molar-refractivity contribution in [2.45, 2.75) is 31.7 Å². The molecule has 1 aromatic carbocycles. The largest absolute Gasteiger partial charge is 0.384 e. The van der Waals surface area contributed by atoms with Crippen molar-refractivity contribution in [3.63, 3.8) is 0 Å². The first-order valence-electron chi connectivity index (χ1n) is 12.6. The molecule has 2 aliphatic heterocycles. The molecule has 2 aromatic rings. The minimum absolute atomic E-state index is 0.00766. The zero-order valence-electron chi connectivity index (χ0n) is 21.6. The lowest BCUT2D eigenvalue weighted by molar-refractivity contribution is -0.113. The number of amidine groups is 1. The zero-order chi connectivity index (χ0) is 29.3. The van der Waals surface area contributed by atoms with Crippen LogP contribution in [0.4, 0.5) is 5.69 Å². The number of nitrogens with zero attached hydrogens (tertiary/aromatic N) is 3. The van der Waals surface area contributed by atoms with Gasteiger partial charge in [0.25, 0.3) is 22.8 Å². The van der Waals surface area contributed by atoms with Gasteiger partial charge in [0, 0.05) is 34.5 Å². The minimum Gasteiger partial charge on any atom is -0.384 e. The summed E-state index contributed by atoms with van der Waals surface area (Å²) in [6, 6.07) is 6.42. The van der Waals surface area contributed by atoms with E-state index in [9.17, 15) is 18.0 Å². The maximum absolute atomic E-state index is 13.7. The number of amides is 2. The van der Waals surface area contributed by atoms with Crippen LogP contribution in [-0.2, 0) is 20.0 Å². The molecule has 11 nitrogen and oxygen atoms in total. The number of allylic oxidation sites excluding steroid dienone is 1. The highest BCUT2D eigenvalue weighted by molar-refractivity contribution is 9.10. The number of carbonyl (C=O) groups excluding carboxylic acids is 2. The van der Waals surface area contributed by atoms with Gasteiger partial charge in [0.15, 0.2) is 5.76 Å². The first-order valence-corrected chi connectivity index (χ1v) is 15.3. The molecule has 3 heterocycles. The van der Waals surface area contributed by atoms with Crippen molar-refractivity contribution >= 4 is 73.5 Å². The van der Waals surface area contributed by atoms with E-state index in [1.54, 1.807) is 35.5 Å². The molecule has 216 valence electrons. The molecule has 15 heteroatoms. The number of hydrogen-bond donors (Lipinski definition) is 4. The molecule has 1 fully saturated rings. The third kappa shape index (κ3) is 6.69. The van der Waals surface area contributed by atoms with Gasteiger partial charge in [-0.05, 0) is 72.0 Å². The second-order valence-electron chi connectivity index (χ2n) is 9.72. The number of thiol groups is 1. The van der Waals surface area contributed by atoms with Crippen molar-refractivity contribution in [3.05, 3.63) is 79.8 Å². The predicted octanol–water partition coefficient (Wildman–Crippen LogP) is 3.94. The summed E-state index contributed by atoms with van der Waals surface area (Å²) in [5.74, 6) is -0.631. The van der Waals surface area contributed by atoms with E-state index < -0.39 is 22.8 Å². The van der Waals surface area contributed by atoms with Crippen LogP contribution in [0.25, 0.3) is 0 Å². The summed E-state index contributed by atoms with van der Waals surface area (Å²) < 4.78 is 28.3. The summed E-state index contributed by atoms with van der Waals surface area (Å²) >= 11 is 16.0. The Kier molecular flexibility index (Phi) is 8.88. The second-order valence-corrected chi connectivity index (χ2v) is 12.0. The van der Waals surface area contributed by atoms with Crippen molar-refractivity contribution in [1.82, 2.24) is 20.6 Å². The molecule has 0 radical (unpaired) electrons. The van der Waals surface area contributed by atoms with Crippen LogP contribution in [0.3, 0.4) is 0 Å². The molecule has 2 unspecified atom stereocenters. The van der Waals surface area contributed by atoms with E-state index in [-0.39, 0.29) is 41.1 Å². The Labute approximate surface area is 256 Å². The third-order valence-electron chi connectivity index (χ3n) is 6.92. The fourth-order valence-corrected chi connectivity index (χ4v) is 6.15. The van der Waals surface area contributed by atoms with Gasteiger partial charge >= 0.3 is 0 Å². The Hall–Kier alpha value is -3.13. The molecule has 0 spiro atoms. The molecule has 0 saturated heterocycles. The average Bonchev–Trinajstić information content (AvgIpc) is 3.67. The molecule has 1 aromatic heterocycles. The van der Waals surface area contributed by atoms with E-state index in [0.717, 1.165) is 12.8 Å². The molecular weight excluding hydrogens is 659 g/mol. The van der Waals surface area contributed by atoms with E-state index in [2.05, 4.69) is 42.1 Å². The molecule has 0 bridgehead atoms. The lowest BCUT2D eigenvalue weighted by atomic mass is 10.0. The summed E-state index contributed by atoms with van der Waals surface area (Å²) in [7, 11) is -3.31. The number of hydrogen-bond acceptors (Lipinski definition) is 9. The van der Waals surface area contributed by atoms with Crippen LogP contribution in [0, 0.1) is 5.92 Å². The average molecular weight is 684 g/mol. The van der Waals surface area contributed by atoms with Gasteiger partial charge in [-0.2, -0.15) is 13.5 Å². The summed E-state index contributed by atoms with van der Waals surface area (Å²) in [4.78, 5) is 33.0. The molecule has 1 aliphatic carbocycles. The number of pyridine rings is 1. The van der Waals surface area contributed by atoms with Crippen LogP contribution in [-0.4, -0.2) is 55.1 Å². The van der Waals surface area contributed by atoms with E-state index in [1.807, 2.05) is 6.92 Å². The number of halogens is 3. The standard InChI is InChI=1S/C26H25BrCl2N6O5S/c1-13(14-4-5-14)32-25(36)16-9-15(28)10-19(27)22(16)33-26(37)18-12-35(8-6-21(18)40-41(38)39)24-17(11-31-34-24)23-20(29)3-2-7-30-23/h2-3,6-10,13-14,17,31,41H,4-5,11-12H2,1H3,(H,32,36)(H,33,37). The molecule has 1 saturated carbocycles. The number of rotatable bonds is 8. The maximum Gasteiger partial charge on any atom is 0.299 e. The normalized spacial score (nSPS) is 19.1. The van der Waals surface area contributed by atoms with Crippen LogP contribution in [0.5, 0.6) is 0 Å². The highest BCUT2D eigenvalue weighted by atomic mass is 79.9. The molecule has 2 atom stereocenters. The van der Waals surface area contributed by atoms with Crippen LogP contribution < -0.4 is 16.1 Å². The van der Waals surface area contributed by atoms with E-state index in [1.165, 1.54) is 12.1 Å². The Balaban J connectivity index is 1.43. The lowest BCUT2D eigenvalue weighted by Gasteiger charge is -2.28. The van der Waals surface area contributed by atoms with Crippen LogP contribution in [0.1, 0.15) is 41.7 Å². The Bertz CT molecular complexity index is 1570. The molecule has 3 aliphatic rings. The summed E-state index contributed by atoms with van der Waals surface area (Å²) in [5.41, 5.74) is 3.87. The minimum atomic E-state index is -3.31. The fraction of sp³-hybridized carbons (Fsp3) is 0.308. The summed E-state index contributed by atoms with van der Waals surface area (Å²) in [5, 5.41) is 10.9. The summed E-state index contributed by atoms with van der Waals surface area (Å²) in [6.07, 6.45) is 6.64. The van der Waals surface area contributed by atoms with Crippen molar-refractivity contribution in [2.75, 3.05) is 18.4 Å². The SMILES string of the molecule is CC(NC(=O)c1cc(Cl)cc(Br)c1NC(=O)C1=C(O[SH](=O)=O)C=CN(C2=NNCC2c2ncccc2Cl)C1)C1CC1. The monoisotopic (exact) mass is 682 g/mol. The van der Waals surface area contributed by atoms with Crippen molar-refractivity contribution in [3.8, 4) is 0 Å². The zero-order valence-corrected chi connectivity index (χ0v) is 25.6. The van der Waals surface area contributed by atoms with Crippen molar-refractivity contribution < 1.29 is 22.2 Å². The Morgan fingerprint density at radius 2 is 2.02 bits per heavy atom. The molecule has 5 rings (SSSR count). The molecule has 2 amide bonds. The van der Waals surface area contributed by atoms with Gasteiger partial charge in [-0.1, -0.05) is 23.2 Å². The topological polar surface area (TPSA) is 142 Å². The van der Waals surface area contributed by atoms with Gasteiger partial charge in [-0.3, -0.25) is 14.6 Å². The molecule has 3 N–H and O–H groups in total. The van der Waals surface area contributed by atoms with E-state index >= 15 is 0 Å². The smallest absolute Gasteiger partial charge is 0.299 e.